The second-order valence-electron chi connectivity index (χ2n) is 4.44. The summed E-state index contributed by atoms with van der Waals surface area (Å²) >= 11 is 1.25. The van der Waals surface area contributed by atoms with E-state index in [2.05, 4.69) is 10.2 Å². The summed E-state index contributed by atoms with van der Waals surface area (Å²) in [6.07, 6.45) is 1.80. The number of thiophene rings is 1. The van der Waals surface area contributed by atoms with E-state index in [0.717, 1.165) is 31.6 Å². The van der Waals surface area contributed by atoms with Gasteiger partial charge in [-0.3, -0.25) is 4.79 Å². The highest BCUT2D eigenvalue weighted by atomic mass is 32.1. The molecule has 0 spiro atoms. The quantitative estimate of drug-likeness (QED) is 0.872. The molecule has 1 amide bonds. The van der Waals surface area contributed by atoms with E-state index in [9.17, 15) is 9.59 Å². The van der Waals surface area contributed by atoms with Gasteiger partial charge in [0.15, 0.2) is 0 Å². The number of amides is 1. The second kappa shape index (κ2) is 5.39. The zero-order valence-corrected chi connectivity index (χ0v) is 11.0. The highest BCUT2D eigenvalue weighted by Gasteiger charge is 2.21. The third-order valence-electron chi connectivity index (χ3n) is 3.06. The van der Waals surface area contributed by atoms with Crippen LogP contribution in [0.2, 0.25) is 0 Å². The number of nitrogens with one attached hydrogen (secondary N) is 1. The smallest absolute Gasteiger partial charge is 0.345 e. The van der Waals surface area contributed by atoms with Crippen molar-refractivity contribution in [1.82, 2.24) is 5.32 Å². The SMILES string of the molecule is CC(=O)NC1CCN(c2csc(C(=O)O)c2)CC1. The van der Waals surface area contributed by atoms with Crippen molar-refractivity contribution < 1.29 is 14.7 Å². The number of carbonyl (C=O) groups excluding carboxylic acids is 1. The van der Waals surface area contributed by atoms with Gasteiger partial charge in [-0.25, -0.2) is 4.79 Å². The number of nitrogens with zero attached hydrogens (tertiary/aromatic N) is 1. The predicted molar refractivity (Wildman–Crippen MR) is 70.3 cm³/mol. The zero-order chi connectivity index (χ0) is 13.1. The van der Waals surface area contributed by atoms with Crippen LogP contribution in [0.3, 0.4) is 0 Å². The first-order chi connectivity index (χ1) is 8.56. The molecule has 0 saturated carbocycles. The number of piperidine rings is 1. The third kappa shape index (κ3) is 3.01. The first-order valence-electron chi connectivity index (χ1n) is 5.90. The van der Waals surface area contributed by atoms with E-state index in [1.54, 1.807) is 6.07 Å². The fourth-order valence-corrected chi connectivity index (χ4v) is 2.93. The Bertz CT molecular complexity index is 450. The zero-order valence-electron chi connectivity index (χ0n) is 10.2. The van der Waals surface area contributed by atoms with Gasteiger partial charge in [0.05, 0.1) is 0 Å². The molecule has 0 aliphatic carbocycles. The van der Waals surface area contributed by atoms with E-state index in [4.69, 9.17) is 5.11 Å². The normalized spacial score (nSPS) is 16.6. The summed E-state index contributed by atoms with van der Waals surface area (Å²) in [6, 6.07) is 1.96. The molecule has 0 aromatic carbocycles. The van der Waals surface area contributed by atoms with Crippen LogP contribution in [0.5, 0.6) is 0 Å². The lowest BCUT2D eigenvalue weighted by Gasteiger charge is -2.33. The van der Waals surface area contributed by atoms with E-state index in [-0.39, 0.29) is 11.9 Å². The minimum Gasteiger partial charge on any atom is -0.477 e. The van der Waals surface area contributed by atoms with E-state index >= 15 is 0 Å². The summed E-state index contributed by atoms with van der Waals surface area (Å²) < 4.78 is 0. The molecule has 2 N–H and O–H groups in total. The number of carboxylic acids is 1. The minimum atomic E-state index is -0.876. The molecule has 0 bridgehead atoms. The summed E-state index contributed by atoms with van der Waals surface area (Å²) in [7, 11) is 0. The van der Waals surface area contributed by atoms with Gasteiger partial charge < -0.3 is 15.3 Å². The summed E-state index contributed by atoms with van der Waals surface area (Å²) in [5.41, 5.74) is 0.971. The molecule has 0 atom stereocenters. The van der Waals surface area contributed by atoms with Gasteiger partial charge in [0.2, 0.25) is 5.91 Å². The van der Waals surface area contributed by atoms with E-state index in [1.807, 2.05) is 5.38 Å². The maximum Gasteiger partial charge on any atom is 0.345 e. The molecule has 1 saturated heterocycles. The number of anilines is 1. The van der Waals surface area contributed by atoms with Crippen molar-refractivity contribution in [3.8, 4) is 0 Å². The van der Waals surface area contributed by atoms with Crippen LogP contribution >= 0.6 is 11.3 Å². The summed E-state index contributed by atoms with van der Waals surface area (Å²) in [6.45, 7) is 3.23. The van der Waals surface area contributed by atoms with Gasteiger partial charge in [-0.1, -0.05) is 0 Å². The highest BCUT2D eigenvalue weighted by Crippen LogP contribution is 2.26. The Labute approximate surface area is 109 Å². The van der Waals surface area contributed by atoms with Crippen molar-refractivity contribution in [1.29, 1.82) is 0 Å². The van der Waals surface area contributed by atoms with Gasteiger partial charge in [0, 0.05) is 37.1 Å². The Morgan fingerprint density at radius 2 is 2.11 bits per heavy atom. The maximum absolute atomic E-state index is 11.0. The lowest BCUT2D eigenvalue weighted by atomic mass is 10.0. The van der Waals surface area contributed by atoms with Crippen molar-refractivity contribution in [3.05, 3.63) is 16.3 Å². The molecule has 1 aliphatic rings. The average molecular weight is 268 g/mol. The molecule has 1 aliphatic heterocycles. The van der Waals surface area contributed by atoms with Crippen molar-refractivity contribution in [3.63, 3.8) is 0 Å². The van der Waals surface area contributed by atoms with Crippen molar-refractivity contribution >= 4 is 28.9 Å². The number of hydrogen-bond donors (Lipinski definition) is 2. The molecule has 98 valence electrons. The van der Waals surface area contributed by atoms with Crippen LogP contribution < -0.4 is 10.2 Å². The lowest BCUT2D eigenvalue weighted by molar-refractivity contribution is -0.119. The second-order valence-corrected chi connectivity index (χ2v) is 5.35. The van der Waals surface area contributed by atoms with Gasteiger partial charge in [-0.05, 0) is 18.9 Å². The standard InChI is InChI=1S/C12H16N2O3S/c1-8(15)13-9-2-4-14(5-3-9)10-6-11(12(16)17)18-7-10/h6-7,9H,2-5H2,1H3,(H,13,15)(H,16,17). The molecule has 1 aromatic rings. The van der Waals surface area contributed by atoms with Crippen LogP contribution in [-0.4, -0.2) is 36.1 Å². The monoisotopic (exact) mass is 268 g/mol. The van der Waals surface area contributed by atoms with Crippen LogP contribution in [0.1, 0.15) is 29.4 Å². The number of aromatic carboxylic acids is 1. The molecule has 2 heterocycles. The molecular formula is C12H16N2O3S. The molecule has 0 radical (unpaired) electrons. The first-order valence-corrected chi connectivity index (χ1v) is 6.78. The first kappa shape index (κ1) is 12.9. The van der Waals surface area contributed by atoms with Gasteiger partial charge in [0.1, 0.15) is 4.88 Å². The van der Waals surface area contributed by atoms with Crippen molar-refractivity contribution in [2.75, 3.05) is 18.0 Å². The molecule has 1 aromatic heterocycles. The number of hydrogen-bond acceptors (Lipinski definition) is 4. The molecule has 0 unspecified atom stereocenters. The van der Waals surface area contributed by atoms with E-state index in [1.165, 1.54) is 18.3 Å². The Hall–Kier alpha value is -1.56. The maximum atomic E-state index is 11.0. The van der Waals surface area contributed by atoms with Gasteiger partial charge in [-0.2, -0.15) is 0 Å². The minimum absolute atomic E-state index is 0.0112. The summed E-state index contributed by atoms with van der Waals surface area (Å²) in [4.78, 5) is 24.3. The Morgan fingerprint density at radius 1 is 1.44 bits per heavy atom. The number of carbonyl (C=O) groups is 2. The number of rotatable bonds is 3. The van der Waals surface area contributed by atoms with Crippen LogP contribution in [0.4, 0.5) is 5.69 Å². The molecular weight excluding hydrogens is 252 g/mol. The van der Waals surface area contributed by atoms with Crippen molar-refractivity contribution in [2.24, 2.45) is 0 Å². The summed E-state index contributed by atoms with van der Waals surface area (Å²) in [5, 5.41) is 13.7. The molecule has 6 heteroatoms. The predicted octanol–water partition coefficient (Wildman–Crippen LogP) is 1.55. The van der Waals surface area contributed by atoms with Gasteiger partial charge in [-0.15, -0.1) is 11.3 Å². The topological polar surface area (TPSA) is 69.6 Å². The van der Waals surface area contributed by atoms with Crippen LogP contribution in [0.25, 0.3) is 0 Å². The molecule has 5 nitrogen and oxygen atoms in total. The van der Waals surface area contributed by atoms with Crippen LogP contribution in [0, 0.1) is 0 Å². The molecule has 18 heavy (non-hydrogen) atoms. The Morgan fingerprint density at radius 3 is 2.61 bits per heavy atom. The summed E-state index contributed by atoms with van der Waals surface area (Å²) in [5.74, 6) is -0.864. The average Bonchev–Trinajstić information content (AvgIpc) is 2.78. The van der Waals surface area contributed by atoms with Crippen LogP contribution in [-0.2, 0) is 4.79 Å². The van der Waals surface area contributed by atoms with E-state index < -0.39 is 5.97 Å². The Balaban J connectivity index is 1.92. The lowest BCUT2D eigenvalue weighted by Crippen LogP contribution is -2.43. The van der Waals surface area contributed by atoms with E-state index in [0.29, 0.717) is 4.88 Å². The highest BCUT2D eigenvalue weighted by molar-refractivity contribution is 7.12. The fraction of sp³-hybridized carbons (Fsp3) is 0.500. The Kier molecular flexibility index (Phi) is 3.86. The third-order valence-corrected chi connectivity index (χ3v) is 3.97. The van der Waals surface area contributed by atoms with Crippen molar-refractivity contribution in [2.45, 2.75) is 25.8 Å². The van der Waals surface area contributed by atoms with Gasteiger partial charge >= 0.3 is 5.97 Å². The van der Waals surface area contributed by atoms with Crippen LogP contribution in [0.15, 0.2) is 11.4 Å². The fourth-order valence-electron chi connectivity index (χ4n) is 2.17. The molecule has 2 rings (SSSR count). The van der Waals surface area contributed by atoms with Gasteiger partial charge in [0.25, 0.3) is 0 Å². The number of carboxylic acid groups (broad SMARTS) is 1. The molecule has 1 fully saturated rings. The largest absolute Gasteiger partial charge is 0.477 e.